The molecule has 8 heteroatoms. The smallest absolute Gasteiger partial charge is 0.275 e. The van der Waals surface area contributed by atoms with E-state index in [1.54, 1.807) is 4.90 Å². The van der Waals surface area contributed by atoms with Crippen LogP contribution in [0, 0.1) is 20.8 Å². The molecule has 0 aromatic carbocycles. The zero-order chi connectivity index (χ0) is 18.4. The molecule has 1 aliphatic carbocycles. The van der Waals surface area contributed by atoms with Gasteiger partial charge in [0.2, 0.25) is 0 Å². The summed E-state index contributed by atoms with van der Waals surface area (Å²) in [7, 11) is 0. The number of nitrogens with zero attached hydrogens (tertiary/aromatic N) is 5. The number of carbonyl (C=O) groups excluding carboxylic acids is 1. The first-order chi connectivity index (χ1) is 12.5. The molecular formula is C18H23N5O3. The van der Waals surface area contributed by atoms with Crippen LogP contribution in [-0.4, -0.2) is 50.2 Å². The number of hydrogen-bond acceptors (Lipinski definition) is 7. The van der Waals surface area contributed by atoms with E-state index in [0.717, 1.165) is 30.1 Å². The van der Waals surface area contributed by atoms with Crippen molar-refractivity contribution in [1.29, 1.82) is 0 Å². The molecule has 0 unspecified atom stereocenters. The fourth-order valence-electron chi connectivity index (χ4n) is 3.31. The number of aromatic nitrogens is 4. The van der Waals surface area contributed by atoms with Gasteiger partial charge in [-0.25, -0.2) is 4.98 Å². The van der Waals surface area contributed by atoms with Crippen LogP contribution < -0.4 is 0 Å². The van der Waals surface area contributed by atoms with Crippen LogP contribution in [0.25, 0.3) is 0 Å². The summed E-state index contributed by atoms with van der Waals surface area (Å²) in [6, 6.07) is -0.418. The fourth-order valence-corrected chi connectivity index (χ4v) is 3.31. The monoisotopic (exact) mass is 357 g/mol. The van der Waals surface area contributed by atoms with Crippen molar-refractivity contribution in [3.63, 3.8) is 0 Å². The number of ether oxygens (including phenoxy) is 1. The first kappa shape index (κ1) is 17.1. The van der Waals surface area contributed by atoms with Crippen molar-refractivity contribution in [2.75, 3.05) is 13.2 Å². The van der Waals surface area contributed by atoms with Gasteiger partial charge in [-0.3, -0.25) is 9.78 Å². The number of rotatable bonds is 3. The first-order valence-electron chi connectivity index (χ1n) is 9.03. The summed E-state index contributed by atoms with van der Waals surface area (Å²) in [4.78, 5) is 28.4. The lowest BCUT2D eigenvalue weighted by atomic mass is 10.1. The van der Waals surface area contributed by atoms with Gasteiger partial charge in [-0.2, -0.15) is 4.98 Å². The fraction of sp³-hybridized carbons (Fsp3) is 0.611. The molecule has 1 aliphatic heterocycles. The lowest BCUT2D eigenvalue weighted by Gasteiger charge is -2.37. The summed E-state index contributed by atoms with van der Waals surface area (Å²) in [5, 5.41) is 4.09. The van der Waals surface area contributed by atoms with Crippen molar-refractivity contribution in [2.24, 2.45) is 0 Å². The first-order valence-corrected chi connectivity index (χ1v) is 9.03. The molecular weight excluding hydrogens is 334 g/mol. The zero-order valence-electron chi connectivity index (χ0n) is 15.5. The topological polar surface area (TPSA) is 94.2 Å². The van der Waals surface area contributed by atoms with E-state index in [2.05, 4.69) is 20.1 Å². The predicted molar refractivity (Wildman–Crippen MR) is 91.7 cm³/mol. The Morgan fingerprint density at radius 2 is 1.81 bits per heavy atom. The van der Waals surface area contributed by atoms with E-state index >= 15 is 0 Å². The summed E-state index contributed by atoms with van der Waals surface area (Å²) in [6.07, 6.45) is 1.95. The second kappa shape index (κ2) is 6.42. The minimum atomic E-state index is -0.418. The molecule has 2 aromatic rings. The van der Waals surface area contributed by atoms with Crippen LogP contribution in [0.4, 0.5) is 0 Å². The quantitative estimate of drug-likeness (QED) is 0.831. The number of aryl methyl sites for hydroxylation is 3. The minimum Gasteiger partial charge on any atom is -0.374 e. The van der Waals surface area contributed by atoms with Crippen molar-refractivity contribution < 1.29 is 14.1 Å². The lowest BCUT2D eigenvalue weighted by Crippen LogP contribution is -2.47. The Hall–Kier alpha value is -2.35. The van der Waals surface area contributed by atoms with Gasteiger partial charge < -0.3 is 14.2 Å². The third kappa shape index (κ3) is 2.98. The second-order valence-electron chi connectivity index (χ2n) is 7.11. The molecule has 26 heavy (non-hydrogen) atoms. The van der Waals surface area contributed by atoms with Crippen molar-refractivity contribution in [1.82, 2.24) is 25.0 Å². The molecule has 138 valence electrons. The Balaban J connectivity index is 1.67. The van der Waals surface area contributed by atoms with E-state index in [0.29, 0.717) is 36.3 Å². The minimum absolute atomic E-state index is 0.176. The molecule has 0 spiro atoms. The van der Waals surface area contributed by atoms with Crippen LogP contribution in [0.5, 0.6) is 0 Å². The van der Waals surface area contributed by atoms with E-state index in [1.807, 2.05) is 27.7 Å². The van der Waals surface area contributed by atoms with Gasteiger partial charge in [0.15, 0.2) is 5.82 Å². The SMILES string of the molecule is Cc1nc(C)c(C(=O)N2CCO[C@H](C)[C@H]2c2nc(C3CC3)no2)nc1C. The highest BCUT2D eigenvalue weighted by atomic mass is 16.5. The summed E-state index contributed by atoms with van der Waals surface area (Å²) >= 11 is 0. The Morgan fingerprint density at radius 1 is 1.08 bits per heavy atom. The molecule has 2 atom stereocenters. The highest BCUT2D eigenvalue weighted by Gasteiger charge is 2.40. The highest BCUT2D eigenvalue weighted by Crippen LogP contribution is 2.39. The molecule has 2 aliphatic rings. The van der Waals surface area contributed by atoms with Crippen LogP contribution in [-0.2, 0) is 4.74 Å². The van der Waals surface area contributed by atoms with Crippen LogP contribution in [0.3, 0.4) is 0 Å². The maximum Gasteiger partial charge on any atom is 0.275 e. The van der Waals surface area contributed by atoms with E-state index < -0.39 is 6.04 Å². The molecule has 0 bridgehead atoms. The third-order valence-corrected chi connectivity index (χ3v) is 5.09. The average molecular weight is 357 g/mol. The predicted octanol–water partition coefficient (Wildman–Crippen LogP) is 2.26. The second-order valence-corrected chi connectivity index (χ2v) is 7.11. The van der Waals surface area contributed by atoms with Gasteiger partial charge in [0.1, 0.15) is 11.7 Å². The standard InChI is InChI=1S/C18H23N5O3/c1-9-10(2)20-14(11(3)19-9)18(24)23-7-8-25-12(4)15(23)17-21-16(22-26-17)13-5-6-13/h12-13,15H,5-8H2,1-4H3/t12-,15+/m1/s1. The van der Waals surface area contributed by atoms with E-state index in [9.17, 15) is 4.79 Å². The van der Waals surface area contributed by atoms with Crippen molar-refractivity contribution in [3.8, 4) is 0 Å². The Bertz CT molecular complexity index is 845. The zero-order valence-corrected chi connectivity index (χ0v) is 15.5. The molecule has 2 fully saturated rings. The van der Waals surface area contributed by atoms with Gasteiger partial charge in [-0.1, -0.05) is 5.16 Å². The van der Waals surface area contributed by atoms with E-state index in [-0.39, 0.29) is 12.0 Å². The molecule has 0 N–H and O–H groups in total. The number of carbonyl (C=O) groups is 1. The maximum absolute atomic E-state index is 13.2. The molecule has 1 saturated heterocycles. The maximum atomic E-state index is 13.2. The summed E-state index contributed by atoms with van der Waals surface area (Å²) in [5.74, 6) is 1.38. The van der Waals surface area contributed by atoms with E-state index in [1.165, 1.54) is 0 Å². The van der Waals surface area contributed by atoms with Crippen molar-refractivity contribution >= 4 is 5.91 Å². The summed E-state index contributed by atoms with van der Waals surface area (Å²) in [6.45, 7) is 8.39. The third-order valence-electron chi connectivity index (χ3n) is 5.09. The molecule has 1 saturated carbocycles. The van der Waals surface area contributed by atoms with Crippen LogP contribution >= 0.6 is 0 Å². The van der Waals surface area contributed by atoms with Gasteiger partial charge in [0.25, 0.3) is 11.8 Å². The molecule has 0 radical (unpaired) electrons. The van der Waals surface area contributed by atoms with Gasteiger partial charge in [0.05, 0.1) is 29.8 Å². The van der Waals surface area contributed by atoms with Gasteiger partial charge >= 0.3 is 0 Å². The van der Waals surface area contributed by atoms with Crippen LogP contribution in [0.15, 0.2) is 4.52 Å². The van der Waals surface area contributed by atoms with Crippen LogP contribution in [0.1, 0.15) is 71.0 Å². The van der Waals surface area contributed by atoms with E-state index in [4.69, 9.17) is 9.26 Å². The van der Waals surface area contributed by atoms with Crippen LogP contribution in [0.2, 0.25) is 0 Å². The number of morpholine rings is 1. The Labute approximate surface area is 152 Å². The molecule has 1 amide bonds. The van der Waals surface area contributed by atoms with Crippen molar-refractivity contribution in [2.45, 2.75) is 58.6 Å². The number of amides is 1. The summed E-state index contributed by atoms with van der Waals surface area (Å²) in [5.41, 5.74) is 2.58. The Kier molecular flexibility index (Phi) is 4.22. The van der Waals surface area contributed by atoms with Crippen molar-refractivity contribution in [3.05, 3.63) is 34.5 Å². The normalized spacial score (nSPS) is 23.3. The lowest BCUT2D eigenvalue weighted by molar-refractivity contribution is -0.0602. The summed E-state index contributed by atoms with van der Waals surface area (Å²) < 4.78 is 11.3. The highest BCUT2D eigenvalue weighted by molar-refractivity contribution is 5.93. The largest absolute Gasteiger partial charge is 0.374 e. The molecule has 4 rings (SSSR count). The van der Waals surface area contributed by atoms with Gasteiger partial charge in [0, 0.05) is 12.5 Å². The number of hydrogen-bond donors (Lipinski definition) is 0. The van der Waals surface area contributed by atoms with Gasteiger partial charge in [-0.15, -0.1) is 0 Å². The molecule has 3 heterocycles. The molecule has 2 aromatic heterocycles. The Morgan fingerprint density at radius 3 is 2.54 bits per heavy atom. The average Bonchev–Trinajstić information content (AvgIpc) is 3.35. The molecule has 8 nitrogen and oxygen atoms in total. The van der Waals surface area contributed by atoms with Gasteiger partial charge in [-0.05, 0) is 40.5 Å².